The molecule has 0 radical (unpaired) electrons. The van der Waals surface area contributed by atoms with E-state index in [2.05, 4.69) is 61.5 Å². The predicted molar refractivity (Wildman–Crippen MR) is 137 cm³/mol. The van der Waals surface area contributed by atoms with Crippen LogP contribution in [0, 0.1) is 22.7 Å². The number of esters is 1. The highest BCUT2D eigenvalue weighted by Crippen LogP contribution is 2.41. The van der Waals surface area contributed by atoms with Gasteiger partial charge in [0, 0.05) is 0 Å². The Morgan fingerprint density at radius 2 is 1.59 bits per heavy atom. The highest BCUT2D eigenvalue weighted by atomic mass is 16.5. The molecule has 1 saturated carbocycles. The lowest BCUT2D eigenvalue weighted by Gasteiger charge is -2.32. The summed E-state index contributed by atoms with van der Waals surface area (Å²) in [4.78, 5) is 12.0. The number of ether oxygens (including phenoxy) is 2. The number of carbonyl (C=O) groups is 1. The quantitative estimate of drug-likeness (QED) is 0.254. The summed E-state index contributed by atoms with van der Waals surface area (Å²) in [5.74, 6) is 1.46. The molecule has 1 aliphatic rings. The van der Waals surface area contributed by atoms with Crippen LogP contribution in [0.25, 0.3) is 11.1 Å². The maximum atomic E-state index is 12.0. The van der Waals surface area contributed by atoms with Gasteiger partial charge in [-0.25, -0.2) is 0 Å². The van der Waals surface area contributed by atoms with Gasteiger partial charge in [-0.15, -0.1) is 0 Å². The van der Waals surface area contributed by atoms with Crippen molar-refractivity contribution in [3.05, 3.63) is 54.1 Å². The van der Waals surface area contributed by atoms with Crippen molar-refractivity contribution >= 4 is 5.97 Å². The molecule has 0 saturated heterocycles. The molecule has 0 aromatic heterocycles. The first kappa shape index (κ1) is 25.8. The Balaban J connectivity index is 1.50. The summed E-state index contributed by atoms with van der Waals surface area (Å²) < 4.78 is 10.7. The fourth-order valence-corrected chi connectivity index (χ4v) is 5.09. The molecular weight excluding hydrogens is 422 g/mol. The Morgan fingerprint density at radius 3 is 2.15 bits per heavy atom. The average Bonchev–Trinajstić information content (AvgIpc) is 2.89. The van der Waals surface area contributed by atoms with Crippen molar-refractivity contribution < 1.29 is 14.3 Å². The van der Waals surface area contributed by atoms with Gasteiger partial charge in [0.15, 0.2) is 5.41 Å². The molecular formula is C30H39NO3. The van der Waals surface area contributed by atoms with Crippen molar-refractivity contribution in [3.8, 4) is 22.9 Å². The first-order valence-corrected chi connectivity index (χ1v) is 12.8. The fraction of sp³-hybridized carbons (Fsp3) is 0.533. The number of hydrogen-bond acceptors (Lipinski definition) is 4. The van der Waals surface area contributed by atoms with Gasteiger partial charge in [0.1, 0.15) is 5.75 Å². The minimum atomic E-state index is -1.04. The summed E-state index contributed by atoms with van der Waals surface area (Å²) in [7, 11) is 1.36. The molecule has 0 amide bonds. The van der Waals surface area contributed by atoms with Crippen LogP contribution in [0.5, 0.6) is 5.75 Å². The van der Waals surface area contributed by atoms with Gasteiger partial charge >= 0.3 is 5.97 Å². The summed E-state index contributed by atoms with van der Waals surface area (Å²) in [5, 5.41) is 9.49. The lowest BCUT2D eigenvalue weighted by molar-refractivity contribution is -0.149. The monoisotopic (exact) mass is 461 g/mol. The molecule has 0 bridgehead atoms. The predicted octanol–water partition coefficient (Wildman–Crippen LogP) is 7.68. The number of nitriles is 1. The molecule has 2 aromatic rings. The van der Waals surface area contributed by atoms with E-state index in [0.717, 1.165) is 44.5 Å². The van der Waals surface area contributed by atoms with Crippen LogP contribution in [-0.2, 0) is 9.53 Å². The molecule has 4 heteroatoms. The first-order chi connectivity index (χ1) is 16.5. The van der Waals surface area contributed by atoms with E-state index in [9.17, 15) is 10.1 Å². The molecule has 1 atom stereocenters. The van der Waals surface area contributed by atoms with Crippen molar-refractivity contribution in [2.45, 2.75) is 77.6 Å². The van der Waals surface area contributed by atoms with E-state index in [1.807, 2.05) is 0 Å². The second-order valence-corrected chi connectivity index (χ2v) is 9.91. The number of unbranched alkanes of at least 4 members (excludes halogenated alkanes) is 3. The summed E-state index contributed by atoms with van der Waals surface area (Å²) in [6.45, 7) is 4.71. The zero-order valence-electron chi connectivity index (χ0n) is 21.0. The van der Waals surface area contributed by atoms with Crippen LogP contribution in [0.2, 0.25) is 0 Å². The molecule has 3 rings (SSSR count). The second kappa shape index (κ2) is 12.6. The van der Waals surface area contributed by atoms with Crippen molar-refractivity contribution in [2.75, 3.05) is 13.7 Å². The number of nitrogens with zero attached hydrogens (tertiary/aromatic N) is 1. The van der Waals surface area contributed by atoms with Crippen LogP contribution in [-0.4, -0.2) is 19.7 Å². The van der Waals surface area contributed by atoms with Gasteiger partial charge in [0.25, 0.3) is 0 Å². The first-order valence-electron chi connectivity index (χ1n) is 12.8. The van der Waals surface area contributed by atoms with Gasteiger partial charge in [-0.2, -0.15) is 5.26 Å². The maximum Gasteiger partial charge on any atom is 0.325 e. The Hall–Kier alpha value is -2.80. The standard InChI is InChI=1S/C30H39NO3/c1-4-5-6-7-20-34-28-18-16-27(17-19-28)26-14-12-25(13-15-26)24-10-8-23(9-11-24)21-30(2,22-31)29(32)33-3/h12-19,23-24H,4-11,20-21H2,1-3H3. The molecule has 182 valence electrons. The summed E-state index contributed by atoms with van der Waals surface area (Å²) >= 11 is 0. The van der Waals surface area contributed by atoms with Gasteiger partial charge < -0.3 is 9.47 Å². The van der Waals surface area contributed by atoms with Crippen molar-refractivity contribution in [2.24, 2.45) is 11.3 Å². The fourth-order valence-electron chi connectivity index (χ4n) is 5.09. The molecule has 0 N–H and O–H groups in total. The summed E-state index contributed by atoms with van der Waals surface area (Å²) in [6, 6.07) is 19.5. The molecule has 0 spiro atoms. The molecule has 1 unspecified atom stereocenters. The number of carbonyl (C=O) groups excluding carboxylic acids is 1. The van der Waals surface area contributed by atoms with Gasteiger partial charge in [0.2, 0.25) is 0 Å². The van der Waals surface area contributed by atoms with Crippen LogP contribution in [0.1, 0.15) is 83.1 Å². The smallest absolute Gasteiger partial charge is 0.325 e. The third-order valence-electron chi connectivity index (χ3n) is 7.26. The minimum absolute atomic E-state index is 0.395. The van der Waals surface area contributed by atoms with Crippen molar-refractivity contribution in [1.29, 1.82) is 5.26 Å². The molecule has 0 heterocycles. The molecule has 0 aliphatic heterocycles. The largest absolute Gasteiger partial charge is 0.494 e. The van der Waals surface area contributed by atoms with E-state index >= 15 is 0 Å². The average molecular weight is 462 g/mol. The molecule has 1 aliphatic carbocycles. The van der Waals surface area contributed by atoms with Crippen molar-refractivity contribution in [3.63, 3.8) is 0 Å². The van der Waals surface area contributed by atoms with Gasteiger partial charge in [0.05, 0.1) is 19.8 Å². The molecule has 34 heavy (non-hydrogen) atoms. The van der Waals surface area contributed by atoms with E-state index < -0.39 is 11.4 Å². The lowest BCUT2D eigenvalue weighted by Crippen LogP contribution is -2.31. The Morgan fingerprint density at radius 1 is 0.971 bits per heavy atom. The highest BCUT2D eigenvalue weighted by molar-refractivity contribution is 5.79. The van der Waals surface area contributed by atoms with Gasteiger partial charge in [-0.1, -0.05) is 62.6 Å². The number of hydrogen-bond donors (Lipinski definition) is 0. The van der Waals surface area contributed by atoms with E-state index in [1.165, 1.54) is 43.1 Å². The maximum absolute atomic E-state index is 12.0. The lowest BCUT2D eigenvalue weighted by atomic mass is 9.72. The number of benzene rings is 2. The van der Waals surface area contributed by atoms with E-state index in [-0.39, 0.29) is 0 Å². The van der Waals surface area contributed by atoms with Crippen LogP contribution >= 0.6 is 0 Å². The summed E-state index contributed by atoms with van der Waals surface area (Å²) in [5.41, 5.74) is 2.76. The molecule has 1 fully saturated rings. The summed E-state index contributed by atoms with van der Waals surface area (Å²) in [6.07, 6.45) is 9.72. The van der Waals surface area contributed by atoms with E-state index in [4.69, 9.17) is 9.47 Å². The second-order valence-electron chi connectivity index (χ2n) is 9.91. The Bertz CT molecular complexity index is 937. The van der Waals surface area contributed by atoms with Crippen LogP contribution in [0.4, 0.5) is 0 Å². The Kier molecular flexibility index (Phi) is 9.57. The van der Waals surface area contributed by atoms with Crippen LogP contribution < -0.4 is 4.74 Å². The minimum Gasteiger partial charge on any atom is -0.494 e. The zero-order chi connectivity index (χ0) is 24.4. The Labute approximate surface area is 205 Å². The van der Waals surface area contributed by atoms with Crippen LogP contribution in [0.15, 0.2) is 48.5 Å². The van der Waals surface area contributed by atoms with E-state index in [0.29, 0.717) is 18.3 Å². The molecule has 2 aromatic carbocycles. The number of methoxy groups -OCH3 is 1. The topological polar surface area (TPSA) is 59.3 Å². The SMILES string of the molecule is CCCCCCOc1ccc(-c2ccc(C3CCC(CC(C)(C#N)C(=O)OC)CC3)cc2)cc1. The highest BCUT2D eigenvalue weighted by Gasteiger charge is 2.38. The molecule has 4 nitrogen and oxygen atoms in total. The van der Waals surface area contributed by atoms with Gasteiger partial charge in [-0.3, -0.25) is 4.79 Å². The zero-order valence-corrected chi connectivity index (χ0v) is 21.0. The third-order valence-corrected chi connectivity index (χ3v) is 7.26. The van der Waals surface area contributed by atoms with E-state index in [1.54, 1.807) is 6.92 Å². The van der Waals surface area contributed by atoms with Crippen LogP contribution in [0.3, 0.4) is 0 Å². The van der Waals surface area contributed by atoms with Gasteiger partial charge in [-0.05, 0) is 86.1 Å². The third kappa shape index (κ3) is 6.86. The van der Waals surface area contributed by atoms with Crippen molar-refractivity contribution in [1.82, 2.24) is 0 Å². The number of rotatable bonds is 11. The normalized spacial score (nSPS) is 19.6.